The van der Waals surface area contributed by atoms with Crippen LogP contribution in [0.4, 0.5) is 11.5 Å². The fourth-order valence-corrected chi connectivity index (χ4v) is 4.79. The monoisotopic (exact) mass is 516 g/mol. The van der Waals surface area contributed by atoms with E-state index in [2.05, 4.69) is 59.0 Å². The number of rotatable bonds is 4. The number of carbonyl (C=O) groups is 1. The molecular weight excluding hydrogens is 488 g/mol. The van der Waals surface area contributed by atoms with Gasteiger partial charge in [-0.3, -0.25) is 9.89 Å². The van der Waals surface area contributed by atoms with Crippen molar-refractivity contribution in [2.24, 2.45) is 0 Å². The zero-order chi connectivity index (χ0) is 26.8. The largest absolute Gasteiger partial charge is 0.353 e. The maximum Gasteiger partial charge on any atom is 0.255 e. The maximum atomic E-state index is 13.2. The fraction of sp³-hybridized carbons (Fsp3) is 0.233. The molecule has 1 fully saturated rings. The Labute approximate surface area is 226 Å². The van der Waals surface area contributed by atoms with Crippen LogP contribution in [-0.4, -0.2) is 68.7 Å². The summed E-state index contributed by atoms with van der Waals surface area (Å²) >= 11 is 0. The van der Waals surface area contributed by atoms with Crippen LogP contribution in [-0.2, 0) is 0 Å². The minimum Gasteiger partial charge on any atom is -0.353 e. The molecule has 9 heteroatoms. The molecule has 5 aromatic rings. The Balaban J connectivity index is 1.20. The first-order valence-electron chi connectivity index (χ1n) is 13.0. The van der Waals surface area contributed by atoms with Crippen molar-refractivity contribution in [1.82, 2.24) is 30.0 Å². The van der Waals surface area contributed by atoms with E-state index in [1.165, 1.54) is 0 Å². The summed E-state index contributed by atoms with van der Waals surface area (Å²) in [7, 11) is 0. The van der Waals surface area contributed by atoms with Crippen LogP contribution in [0.15, 0.2) is 61.2 Å². The Morgan fingerprint density at radius 3 is 2.72 bits per heavy atom. The predicted molar refractivity (Wildman–Crippen MR) is 153 cm³/mol. The SMILES string of the molecule is CCN1CCN(c2ncnc3cc(NC(=O)c4ccc(C)c(C#Cc5cnc6[nH]ncc6c5)c4)ccc23)CC1. The molecule has 1 aliphatic rings. The minimum absolute atomic E-state index is 0.205. The van der Waals surface area contributed by atoms with Crippen molar-refractivity contribution < 1.29 is 4.79 Å². The van der Waals surface area contributed by atoms with Gasteiger partial charge in [-0.1, -0.05) is 24.8 Å². The Bertz CT molecular complexity index is 1740. The third-order valence-corrected chi connectivity index (χ3v) is 7.12. The van der Waals surface area contributed by atoms with E-state index in [0.717, 1.165) is 77.2 Å². The summed E-state index contributed by atoms with van der Waals surface area (Å²) in [5.41, 5.74) is 5.30. The number of piperazine rings is 1. The Morgan fingerprint density at radius 2 is 1.87 bits per heavy atom. The van der Waals surface area contributed by atoms with Gasteiger partial charge in [0.05, 0.1) is 11.7 Å². The van der Waals surface area contributed by atoms with Gasteiger partial charge in [-0.2, -0.15) is 5.10 Å². The molecule has 3 aromatic heterocycles. The van der Waals surface area contributed by atoms with Gasteiger partial charge in [0.1, 0.15) is 12.1 Å². The van der Waals surface area contributed by atoms with E-state index in [-0.39, 0.29) is 5.91 Å². The normalized spacial score (nSPS) is 13.8. The molecule has 9 nitrogen and oxygen atoms in total. The highest BCUT2D eigenvalue weighted by Crippen LogP contribution is 2.26. The quantitative estimate of drug-likeness (QED) is 0.348. The van der Waals surface area contributed by atoms with E-state index in [9.17, 15) is 4.79 Å². The van der Waals surface area contributed by atoms with Gasteiger partial charge < -0.3 is 15.1 Å². The van der Waals surface area contributed by atoms with E-state index in [1.807, 2.05) is 49.4 Å². The second-order valence-corrected chi connectivity index (χ2v) is 9.62. The molecular formula is C30H28N8O. The number of pyridine rings is 1. The number of H-pyrrole nitrogens is 1. The highest BCUT2D eigenvalue weighted by atomic mass is 16.1. The number of nitrogens with one attached hydrogen (secondary N) is 2. The number of aryl methyl sites for hydroxylation is 1. The first kappa shape index (κ1) is 24.5. The molecule has 1 amide bonds. The highest BCUT2D eigenvalue weighted by molar-refractivity contribution is 6.05. The molecule has 0 unspecified atom stereocenters. The van der Waals surface area contributed by atoms with Crippen LogP contribution in [0.25, 0.3) is 21.9 Å². The number of carbonyl (C=O) groups excluding carboxylic acids is 1. The Kier molecular flexibility index (Phi) is 6.61. The van der Waals surface area contributed by atoms with E-state index in [1.54, 1.807) is 18.7 Å². The second-order valence-electron chi connectivity index (χ2n) is 9.62. The number of nitrogens with zero attached hydrogens (tertiary/aromatic N) is 6. The molecule has 2 N–H and O–H groups in total. The topological polar surface area (TPSA) is 103 Å². The first-order chi connectivity index (χ1) is 19.1. The van der Waals surface area contributed by atoms with Crippen LogP contribution in [0.3, 0.4) is 0 Å². The van der Waals surface area contributed by atoms with Crippen LogP contribution >= 0.6 is 0 Å². The number of fused-ring (bicyclic) bond motifs is 2. The van der Waals surface area contributed by atoms with Crippen LogP contribution in [0.2, 0.25) is 0 Å². The zero-order valence-electron chi connectivity index (χ0n) is 21.9. The molecule has 1 aliphatic heterocycles. The first-order valence-corrected chi connectivity index (χ1v) is 13.0. The molecule has 0 bridgehead atoms. The van der Waals surface area contributed by atoms with Crippen molar-refractivity contribution in [3.8, 4) is 11.8 Å². The summed E-state index contributed by atoms with van der Waals surface area (Å²) in [6.45, 7) is 9.15. The molecule has 2 aromatic carbocycles. The van der Waals surface area contributed by atoms with E-state index in [0.29, 0.717) is 11.3 Å². The molecule has 0 atom stereocenters. The fourth-order valence-electron chi connectivity index (χ4n) is 4.79. The average Bonchev–Trinajstić information content (AvgIpc) is 3.44. The van der Waals surface area contributed by atoms with Gasteiger partial charge in [-0.15, -0.1) is 0 Å². The highest BCUT2D eigenvalue weighted by Gasteiger charge is 2.19. The minimum atomic E-state index is -0.205. The molecule has 1 saturated heterocycles. The van der Waals surface area contributed by atoms with Crippen LogP contribution in [0, 0.1) is 18.8 Å². The number of hydrogen-bond donors (Lipinski definition) is 2. The van der Waals surface area contributed by atoms with Crippen molar-refractivity contribution in [3.63, 3.8) is 0 Å². The summed E-state index contributed by atoms with van der Waals surface area (Å²) in [5, 5.41) is 11.7. The Hall–Kier alpha value is -4.81. The lowest BCUT2D eigenvalue weighted by molar-refractivity contribution is 0.102. The van der Waals surface area contributed by atoms with Crippen molar-refractivity contribution in [1.29, 1.82) is 0 Å². The van der Waals surface area contributed by atoms with E-state index in [4.69, 9.17) is 0 Å². The molecule has 39 heavy (non-hydrogen) atoms. The third-order valence-electron chi connectivity index (χ3n) is 7.12. The molecule has 4 heterocycles. The predicted octanol–water partition coefficient (Wildman–Crippen LogP) is 4.00. The zero-order valence-corrected chi connectivity index (χ0v) is 21.9. The lowest BCUT2D eigenvalue weighted by Crippen LogP contribution is -2.46. The van der Waals surface area contributed by atoms with E-state index < -0.39 is 0 Å². The van der Waals surface area contributed by atoms with Crippen LogP contribution in [0.5, 0.6) is 0 Å². The summed E-state index contributed by atoms with van der Waals surface area (Å²) in [6.07, 6.45) is 5.02. The molecule has 0 spiro atoms. The smallest absolute Gasteiger partial charge is 0.255 e. The summed E-state index contributed by atoms with van der Waals surface area (Å²) in [5.74, 6) is 7.08. The van der Waals surface area contributed by atoms with Gasteiger partial charge in [0, 0.05) is 65.5 Å². The van der Waals surface area contributed by atoms with E-state index >= 15 is 0 Å². The Morgan fingerprint density at radius 1 is 1.00 bits per heavy atom. The van der Waals surface area contributed by atoms with Crippen molar-refractivity contribution in [2.75, 3.05) is 42.9 Å². The van der Waals surface area contributed by atoms with Gasteiger partial charge in [0.2, 0.25) is 0 Å². The van der Waals surface area contributed by atoms with Gasteiger partial charge in [0.15, 0.2) is 5.65 Å². The molecule has 194 valence electrons. The third kappa shape index (κ3) is 5.15. The van der Waals surface area contributed by atoms with Gasteiger partial charge >= 0.3 is 0 Å². The van der Waals surface area contributed by atoms with Gasteiger partial charge in [-0.25, -0.2) is 15.0 Å². The lowest BCUT2D eigenvalue weighted by Gasteiger charge is -2.35. The number of aromatic amines is 1. The van der Waals surface area contributed by atoms with Crippen molar-refractivity contribution in [3.05, 3.63) is 83.4 Å². The summed E-state index contributed by atoms with van der Waals surface area (Å²) in [6, 6.07) is 13.3. The van der Waals surface area contributed by atoms with Gasteiger partial charge in [0.25, 0.3) is 5.91 Å². The second kappa shape index (κ2) is 10.5. The summed E-state index contributed by atoms with van der Waals surface area (Å²) < 4.78 is 0. The average molecular weight is 517 g/mol. The van der Waals surface area contributed by atoms with Crippen LogP contribution in [0.1, 0.15) is 34.0 Å². The molecule has 6 rings (SSSR count). The van der Waals surface area contributed by atoms with Crippen molar-refractivity contribution in [2.45, 2.75) is 13.8 Å². The number of aromatic nitrogens is 5. The van der Waals surface area contributed by atoms with Crippen molar-refractivity contribution >= 4 is 39.3 Å². The number of hydrogen-bond acceptors (Lipinski definition) is 7. The van der Waals surface area contributed by atoms with Crippen LogP contribution < -0.4 is 10.2 Å². The number of amides is 1. The standard InChI is InChI=1S/C30H28N8O/c1-3-37-10-12-38(13-11-37)29-26-9-8-25(16-27(26)32-19-33-29)35-30(39)23-6-4-20(2)22(15-23)7-5-21-14-24-18-34-36-28(24)31-17-21/h4,6,8-9,14-19H,3,10-13H2,1-2H3,(H,35,39)(H,31,34,36). The number of benzene rings is 2. The number of anilines is 2. The molecule has 0 radical (unpaired) electrons. The van der Waals surface area contributed by atoms with Gasteiger partial charge in [-0.05, 0) is 55.4 Å². The summed E-state index contributed by atoms with van der Waals surface area (Å²) in [4.78, 5) is 31.3. The number of likely N-dealkylation sites (N-methyl/N-ethyl adjacent to an activating group) is 1. The molecule has 0 saturated carbocycles. The lowest BCUT2D eigenvalue weighted by atomic mass is 10.0. The molecule has 0 aliphatic carbocycles. The maximum absolute atomic E-state index is 13.2.